The van der Waals surface area contributed by atoms with Crippen LogP contribution in [0.3, 0.4) is 0 Å². The molecule has 0 radical (unpaired) electrons. The van der Waals surface area contributed by atoms with Gasteiger partial charge in [-0.1, -0.05) is 145 Å². The van der Waals surface area contributed by atoms with Gasteiger partial charge in [0.2, 0.25) is 0 Å². The second-order valence-corrected chi connectivity index (χ2v) is 16.2. The predicted molar refractivity (Wildman–Crippen MR) is 224 cm³/mol. The van der Waals surface area contributed by atoms with Gasteiger partial charge >= 0.3 is 13.8 Å². The highest BCUT2D eigenvalue weighted by Crippen LogP contribution is 2.43. The molecule has 2 atom stereocenters. The minimum absolute atomic E-state index is 0.0222. The van der Waals surface area contributed by atoms with Gasteiger partial charge in [0.25, 0.3) is 0 Å². The van der Waals surface area contributed by atoms with E-state index in [1.807, 2.05) is 27.2 Å². The molecule has 0 fully saturated rings. The fourth-order valence-corrected chi connectivity index (χ4v) is 5.88. The highest BCUT2D eigenvalue weighted by molar-refractivity contribution is 7.47. The van der Waals surface area contributed by atoms with E-state index in [1.54, 1.807) is 6.26 Å². The molecule has 306 valence electrons. The maximum atomic E-state index is 12.6. The summed E-state index contributed by atoms with van der Waals surface area (Å²) >= 11 is 0. The van der Waals surface area contributed by atoms with Gasteiger partial charge in [0.05, 0.1) is 34.0 Å². The number of ether oxygens (including phenoxy) is 2. The lowest BCUT2D eigenvalue weighted by Crippen LogP contribution is -2.37. The lowest BCUT2D eigenvalue weighted by atomic mass is 10.0. The van der Waals surface area contributed by atoms with Gasteiger partial charge in [-0.05, 0) is 63.9 Å². The highest BCUT2D eigenvalue weighted by Gasteiger charge is 2.26. The van der Waals surface area contributed by atoms with Crippen molar-refractivity contribution in [2.24, 2.45) is 0 Å². The number of likely N-dealkylation sites (N-methyl/N-ethyl adjacent to an activating group) is 1. The third kappa shape index (κ3) is 40.8. The molecule has 0 aliphatic carbocycles. The molecule has 8 nitrogen and oxygen atoms in total. The number of hydrogen-bond acceptors (Lipinski definition) is 6. The van der Waals surface area contributed by atoms with E-state index in [2.05, 4.69) is 74.6 Å². The van der Waals surface area contributed by atoms with E-state index < -0.39 is 19.9 Å². The standard InChI is InChI=1S/C44H78NO7P/c1-6-8-10-12-14-16-18-20-22-23-24-25-27-29-31-33-35-37-44(46)52-43(42-51-53(47,48)50-40-38-45(3,4)5)41-49-39-36-34-32-30-28-26-21-19-17-15-13-11-9-7-2/h8,10,14,16,20,22,24-25,29,31,36,39,43H,6-7,9,11-13,15,17-19,21,23,26-28,30,32-35,37-38,40-42H2,1-5H3/p+1/b10-8+,16-14+,22-20+,25-24+,31-29+,39-36-. The van der Waals surface area contributed by atoms with Gasteiger partial charge in [0.15, 0.2) is 6.10 Å². The minimum Gasteiger partial charge on any atom is -0.498 e. The fourth-order valence-electron chi connectivity index (χ4n) is 5.14. The Bertz CT molecular complexity index is 1070. The molecular formula is C44H79NO7P+. The molecule has 0 spiro atoms. The van der Waals surface area contributed by atoms with Crippen LogP contribution in [-0.4, -0.2) is 69.0 Å². The van der Waals surface area contributed by atoms with Crippen molar-refractivity contribution < 1.29 is 37.3 Å². The number of esters is 1. The van der Waals surface area contributed by atoms with Crippen LogP contribution < -0.4 is 0 Å². The maximum absolute atomic E-state index is 12.6. The summed E-state index contributed by atoms with van der Waals surface area (Å²) in [5.41, 5.74) is 0. The van der Waals surface area contributed by atoms with E-state index in [0.717, 1.165) is 51.4 Å². The second kappa shape index (κ2) is 36.7. The lowest BCUT2D eigenvalue weighted by molar-refractivity contribution is -0.870. The van der Waals surface area contributed by atoms with E-state index in [-0.39, 0.29) is 26.2 Å². The average molecular weight is 765 g/mol. The molecule has 0 rings (SSSR count). The first-order chi connectivity index (χ1) is 25.6. The molecule has 53 heavy (non-hydrogen) atoms. The highest BCUT2D eigenvalue weighted by atomic mass is 31.2. The number of quaternary nitrogens is 1. The Kier molecular flexibility index (Phi) is 35.2. The summed E-state index contributed by atoms with van der Waals surface area (Å²) in [6.07, 6.45) is 47.5. The number of phosphoric acid groups is 1. The Hall–Kier alpha value is -2.22. The summed E-state index contributed by atoms with van der Waals surface area (Å²) in [5, 5.41) is 0. The maximum Gasteiger partial charge on any atom is 0.472 e. The lowest BCUT2D eigenvalue weighted by Gasteiger charge is -2.24. The third-order valence-corrected chi connectivity index (χ3v) is 9.33. The van der Waals surface area contributed by atoms with Crippen molar-refractivity contribution in [1.82, 2.24) is 0 Å². The monoisotopic (exact) mass is 765 g/mol. The molecule has 0 bridgehead atoms. The molecule has 2 unspecified atom stereocenters. The molecule has 1 N–H and O–H groups in total. The van der Waals surface area contributed by atoms with E-state index in [1.165, 1.54) is 70.6 Å². The van der Waals surface area contributed by atoms with Gasteiger partial charge < -0.3 is 18.9 Å². The first-order valence-corrected chi connectivity index (χ1v) is 22.2. The van der Waals surface area contributed by atoms with E-state index in [9.17, 15) is 14.3 Å². The van der Waals surface area contributed by atoms with Crippen molar-refractivity contribution in [2.75, 3.05) is 47.5 Å². The van der Waals surface area contributed by atoms with E-state index in [0.29, 0.717) is 17.4 Å². The third-order valence-electron chi connectivity index (χ3n) is 8.35. The van der Waals surface area contributed by atoms with Crippen LogP contribution in [0.25, 0.3) is 0 Å². The Morgan fingerprint density at radius 1 is 0.623 bits per heavy atom. The van der Waals surface area contributed by atoms with Gasteiger partial charge in [0, 0.05) is 6.42 Å². The summed E-state index contributed by atoms with van der Waals surface area (Å²) in [6.45, 7) is 4.73. The van der Waals surface area contributed by atoms with Crippen molar-refractivity contribution in [3.63, 3.8) is 0 Å². The summed E-state index contributed by atoms with van der Waals surface area (Å²) < 4.78 is 34.6. The van der Waals surface area contributed by atoms with Crippen LogP contribution in [0.4, 0.5) is 0 Å². The zero-order valence-electron chi connectivity index (χ0n) is 34.5. The van der Waals surface area contributed by atoms with Crippen LogP contribution in [-0.2, 0) is 27.9 Å². The van der Waals surface area contributed by atoms with Crippen LogP contribution in [0.2, 0.25) is 0 Å². The van der Waals surface area contributed by atoms with Crippen molar-refractivity contribution in [3.05, 3.63) is 73.1 Å². The van der Waals surface area contributed by atoms with E-state index in [4.69, 9.17) is 18.5 Å². The number of carbonyl (C=O) groups excluding carboxylic acids is 1. The van der Waals surface area contributed by atoms with Gasteiger partial charge in [0.1, 0.15) is 19.8 Å². The van der Waals surface area contributed by atoms with Crippen molar-refractivity contribution in [2.45, 2.75) is 155 Å². The normalized spacial score (nSPS) is 14.5. The second-order valence-electron chi connectivity index (χ2n) is 14.7. The smallest absolute Gasteiger partial charge is 0.472 e. The van der Waals surface area contributed by atoms with Crippen molar-refractivity contribution in [1.29, 1.82) is 0 Å². The Balaban J connectivity index is 4.45. The molecular weight excluding hydrogens is 685 g/mol. The molecule has 0 aliphatic heterocycles. The summed E-state index contributed by atoms with van der Waals surface area (Å²) in [6, 6.07) is 0. The number of unbranched alkanes of at least 4 members (excludes halogenated alkanes) is 13. The summed E-state index contributed by atoms with van der Waals surface area (Å²) in [5.74, 6) is -0.395. The molecule has 0 aromatic rings. The Morgan fingerprint density at radius 2 is 1.11 bits per heavy atom. The van der Waals surface area contributed by atoms with Crippen LogP contribution in [0.5, 0.6) is 0 Å². The number of rotatable bonds is 37. The van der Waals surface area contributed by atoms with E-state index >= 15 is 0 Å². The number of nitrogens with zero attached hydrogens (tertiary/aromatic N) is 1. The minimum atomic E-state index is -4.31. The molecule has 0 saturated carbocycles. The number of phosphoric ester groups is 1. The van der Waals surface area contributed by atoms with Crippen molar-refractivity contribution in [3.8, 4) is 0 Å². The number of hydrogen-bond donors (Lipinski definition) is 1. The van der Waals surface area contributed by atoms with Crippen LogP contribution in [0.15, 0.2) is 73.1 Å². The first kappa shape index (κ1) is 50.8. The fraction of sp³-hybridized carbons (Fsp3) is 0.705. The molecule has 0 aromatic carbocycles. The van der Waals surface area contributed by atoms with Gasteiger partial charge in [-0.3, -0.25) is 13.8 Å². The summed E-state index contributed by atoms with van der Waals surface area (Å²) in [4.78, 5) is 22.8. The summed E-state index contributed by atoms with van der Waals surface area (Å²) in [7, 11) is 1.59. The van der Waals surface area contributed by atoms with Crippen LogP contribution >= 0.6 is 7.82 Å². The van der Waals surface area contributed by atoms with Gasteiger partial charge in [-0.2, -0.15) is 0 Å². The molecule has 9 heteroatoms. The molecule has 0 saturated heterocycles. The van der Waals surface area contributed by atoms with Crippen molar-refractivity contribution >= 4 is 13.8 Å². The first-order valence-electron chi connectivity index (χ1n) is 20.7. The molecule has 0 aromatic heterocycles. The zero-order valence-corrected chi connectivity index (χ0v) is 35.4. The van der Waals surface area contributed by atoms with Crippen LogP contribution in [0, 0.1) is 0 Å². The largest absolute Gasteiger partial charge is 0.498 e. The number of carbonyl (C=O) groups is 1. The number of allylic oxidation sites excluding steroid dienone is 11. The van der Waals surface area contributed by atoms with Gasteiger partial charge in [-0.25, -0.2) is 4.57 Å². The Labute approximate surface area is 325 Å². The molecule has 0 aliphatic rings. The molecule has 0 amide bonds. The quantitative estimate of drug-likeness (QED) is 0.0168. The van der Waals surface area contributed by atoms with Crippen LogP contribution in [0.1, 0.15) is 149 Å². The SMILES string of the molecule is CC/C=C/C/C=C/C/C=C/C/C=C/C/C=C/CCCC(=O)OC(CO/C=C\CCCCCCCCCCCCCC)COP(=O)(O)OCC[N+](C)(C)C. The zero-order chi connectivity index (χ0) is 39.1. The molecule has 0 heterocycles. The predicted octanol–water partition coefficient (Wildman–Crippen LogP) is 12.3. The average Bonchev–Trinajstić information content (AvgIpc) is 3.11. The Morgan fingerprint density at radius 3 is 1.64 bits per heavy atom. The van der Waals surface area contributed by atoms with Gasteiger partial charge in [-0.15, -0.1) is 0 Å². The topological polar surface area (TPSA) is 91.3 Å².